The molecule has 0 saturated carbocycles. The summed E-state index contributed by atoms with van der Waals surface area (Å²) in [5, 5.41) is 0. The van der Waals surface area contributed by atoms with Crippen LogP contribution in [0.1, 0.15) is 89.0 Å². The van der Waals surface area contributed by atoms with Crippen LogP contribution in [-0.2, 0) is 0 Å². The quantitative estimate of drug-likeness (QED) is 0.158. The Morgan fingerprint density at radius 1 is 0.686 bits per heavy atom. The Bertz CT molecular complexity index is 358. The van der Waals surface area contributed by atoms with Gasteiger partial charge in [0.2, 0.25) is 0 Å². The molecule has 0 aromatic rings. The summed E-state index contributed by atoms with van der Waals surface area (Å²) in [6.07, 6.45) is 4.28. The van der Waals surface area contributed by atoms with E-state index in [-0.39, 0.29) is 54.3 Å². The van der Waals surface area contributed by atoms with Crippen LogP contribution in [-0.4, -0.2) is 66.7 Å². The topological polar surface area (TPSA) is 0 Å². The number of halogens is 9. The van der Waals surface area contributed by atoms with Gasteiger partial charge in [-0.15, -0.1) is 0 Å². The molecule has 0 heterocycles. The van der Waals surface area contributed by atoms with E-state index >= 15 is 0 Å². The number of hydrogen-bond acceptors (Lipinski definition) is 0. The van der Waals surface area contributed by atoms with Gasteiger partial charge in [0.15, 0.2) is 0 Å². The SMILES string of the molecule is C[CH-]C.C[CH](C)[Ge]([CH2]Cl)([CH2]Cl)[CH](C)C.C[CH](C)[Ge]([Cl])([Cl])[CH](C)C.[CH2-]CCC.[Cl-].[Cl][Ge]([Cl])([Cl])[Cl].[Li+].[Mg+2]. The summed E-state index contributed by atoms with van der Waals surface area (Å²) in [7, 11) is 29.3. The molecule has 210 valence electrons. The van der Waals surface area contributed by atoms with Crippen LogP contribution < -0.4 is 31.3 Å². The van der Waals surface area contributed by atoms with Crippen LogP contribution in [0.3, 0.4) is 0 Å². The Morgan fingerprint density at radius 3 is 0.857 bits per heavy atom. The van der Waals surface area contributed by atoms with Crippen LogP contribution in [0, 0.1) is 13.3 Å². The number of alkyl halides is 2. The second-order valence-electron chi connectivity index (χ2n) is 8.65. The van der Waals surface area contributed by atoms with Crippen molar-refractivity contribution in [2.75, 3.05) is 9.42 Å². The Balaban J connectivity index is -0.0000000458. The molecule has 0 nitrogen and oxygen atoms in total. The minimum absolute atomic E-state index is 0. The van der Waals surface area contributed by atoms with Crippen molar-refractivity contribution in [1.82, 2.24) is 0 Å². The van der Waals surface area contributed by atoms with Crippen molar-refractivity contribution in [2.45, 2.75) is 108 Å². The zero-order valence-corrected chi connectivity index (χ0v) is 38.5. The van der Waals surface area contributed by atoms with Crippen molar-refractivity contribution in [3.63, 3.8) is 0 Å². The smallest absolute Gasteiger partial charge is 1.00 e. The third-order valence-electron chi connectivity index (χ3n) is 4.69. The molecule has 0 aromatic heterocycles. The first-order valence-electron chi connectivity index (χ1n) is 11.0. The number of unbranched alkanes of at least 4 members (excludes halogenated alkanes) is 1. The van der Waals surface area contributed by atoms with E-state index in [0.29, 0.717) is 9.50 Å². The van der Waals surface area contributed by atoms with Crippen molar-refractivity contribution >= 4 is 141 Å². The third kappa shape index (κ3) is 41.8. The predicted octanol–water partition coefficient (Wildman–Crippen LogP) is 6.39. The minimum atomic E-state index is -3.11. The molecule has 0 fully saturated rings. The molecule has 0 aromatic carbocycles. The third-order valence-corrected chi connectivity index (χ3v) is 37.1. The molecule has 0 amide bonds. The van der Waals surface area contributed by atoms with E-state index in [2.05, 4.69) is 69.2 Å². The van der Waals surface area contributed by atoms with Gasteiger partial charge in [-0.05, 0) is 0 Å². The zero-order chi connectivity index (χ0) is 27.3. The van der Waals surface area contributed by atoms with Crippen LogP contribution in [0.5, 0.6) is 0 Å². The Kier molecular flexibility index (Phi) is 61.3. The molecular weight excluding hydrogens is 820 g/mol. The summed E-state index contributed by atoms with van der Waals surface area (Å²) in [4.78, 5) is 0. The van der Waals surface area contributed by atoms with E-state index < -0.39 is 34.2 Å². The van der Waals surface area contributed by atoms with Gasteiger partial charge in [-0.25, -0.2) is 0 Å². The molecule has 0 bridgehead atoms. The monoisotopic (exact) mass is 868 g/mol. The van der Waals surface area contributed by atoms with Crippen LogP contribution in [0.15, 0.2) is 0 Å². The molecule has 14 heteroatoms. The first-order valence-corrected chi connectivity index (χ1v) is 36.4. The molecule has 0 N–H and O–H groups in total. The first-order chi connectivity index (χ1) is 14.2. The summed E-state index contributed by atoms with van der Waals surface area (Å²) in [6.45, 7) is 27.2. The van der Waals surface area contributed by atoms with Crippen LogP contribution in [0.25, 0.3) is 0 Å². The molecule has 0 saturated heterocycles. The molecule has 0 atom stereocenters. The zero-order valence-electron chi connectivity index (χ0n) is 24.0. The molecule has 0 rings (SSSR count). The second kappa shape index (κ2) is 35.8. The van der Waals surface area contributed by atoms with Gasteiger partial charge in [0.1, 0.15) is 0 Å². The van der Waals surface area contributed by atoms with Gasteiger partial charge in [-0.1, -0.05) is 13.3 Å². The summed E-state index contributed by atoms with van der Waals surface area (Å²) in [5.74, 6) is 0. The Hall–Kier alpha value is 5.60. The van der Waals surface area contributed by atoms with Crippen LogP contribution in [0.2, 0.25) is 19.0 Å². The average molecular weight is 869 g/mol. The fourth-order valence-corrected chi connectivity index (χ4v) is 18.2. The Morgan fingerprint density at radius 2 is 0.857 bits per heavy atom. The van der Waals surface area contributed by atoms with Gasteiger partial charge in [0, 0.05) is 0 Å². The predicted molar refractivity (Wildman–Crippen MR) is 176 cm³/mol. The average Bonchev–Trinajstić information content (AvgIpc) is 2.62. The number of hydrogen-bond donors (Lipinski definition) is 0. The standard InChI is InChI=1S/C8H18Cl2Ge.C6H14Cl2Ge.C4H9.C3H7.Cl4Ge.ClH.Li.Mg/c1-7(2)11(5-9,6-10)8(3)4;1-5(2)9(7,8)6(3)4;1-3-4-2;1-3-2;1-5(2,3)4;;;/h7-8H,5-6H2,1-4H3;5-6H,1-4H3;1,3-4H2,2H3;3H,1-2H3;;1H;;/q;;2*-1;;;+1;+2/p-1. The summed E-state index contributed by atoms with van der Waals surface area (Å²) >= 11 is 7.75. The minimum Gasteiger partial charge on any atom is 1.00 e. The van der Waals surface area contributed by atoms with Gasteiger partial charge >= 0.3 is 243 Å². The maximum absolute atomic E-state index is 6.16. The normalized spacial score (nSPS) is 10.6. The second-order valence-corrected chi connectivity index (χ2v) is 57.4. The summed E-state index contributed by atoms with van der Waals surface area (Å²) < 4.78 is 4.19. The maximum atomic E-state index is 6.16. The van der Waals surface area contributed by atoms with Gasteiger partial charge in [-0.2, -0.15) is 20.3 Å². The maximum Gasteiger partial charge on any atom is 2.00 e. The molecule has 0 aliphatic rings. The molecule has 0 spiro atoms. The van der Waals surface area contributed by atoms with E-state index in [4.69, 9.17) is 83.3 Å². The van der Waals surface area contributed by atoms with Crippen molar-refractivity contribution in [3.05, 3.63) is 13.3 Å². The fourth-order valence-electron chi connectivity index (χ4n) is 1.99. The molecule has 0 aliphatic carbocycles. The number of rotatable bonds is 7. The van der Waals surface area contributed by atoms with Crippen molar-refractivity contribution in [2.24, 2.45) is 0 Å². The van der Waals surface area contributed by atoms with E-state index in [9.17, 15) is 0 Å². The van der Waals surface area contributed by atoms with Gasteiger partial charge < -0.3 is 25.8 Å². The van der Waals surface area contributed by atoms with Crippen LogP contribution >= 0.6 is 83.3 Å². The van der Waals surface area contributed by atoms with Gasteiger partial charge in [0.25, 0.3) is 0 Å². The van der Waals surface area contributed by atoms with Crippen molar-refractivity contribution in [1.29, 1.82) is 0 Å². The Labute approximate surface area is 298 Å². The van der Waals surface area contributed by atoms with Gasteiger partial charge in [-0.3, -0.25) is 0 Å². The van der Waals surface area contributed by atoms with E-state index in [1.165, 1.54) is 6.42 Å². The van der Waals surface area contributed by atoms with E-state index in [0.717, 1.165) is 25.3 Å². The molecule has 0 unspecified atom stereocenters. The molecular formula is C21H48Cl9Ge3LiMg. The van der Waals surface area contributed by atoms with E-state index in [1.807, 2.05) is 20.3 Å². The summed E-state index contributed by atoms with van der Waals surface area (Å²) in [5.41, 5.74) is 0. The fraction of sp³-hybridized carbons (Fsp3) is 0.905. The van der Waals surface area contributed by atoms with Crippen molar-refractivity contribution in [3.8, 4) is 0 Å². The van der Waals surface area contributed by atoms with E-state index in [1.54, 1.807) is 0 Å². The summed E-state index contributed by atoms with van der Waals surface area (Å²) in [6, 6.07) is 0. The first kappa shape index (κ1) is 59.9. The molecule has 0 radical (unpaired) electrons. The largest absolute Gasteiger partial charge is 2.00 e. The van der Waals surface area contributed by atoms with Crippen LogP contribution in [0.4, 0.5) is 0 Å². The molecule has 0 aliphatic heterocycles. The molecule has 35 heavy (non-hydrogen) atoms. The van der Waals surface area contributed by atoms with Crippen molar-refractivity contribution < 1.29 is 31.3 Å². The van der Waals surface area contributed by atoms with Gasteiger partial charge in [0.05, 0.1) is 0 Å².